The largest absolute Gasteiger partial charge is 0.355 e. The van der Waals surface area contributed by atoms with Crippen molar-refractivity contribution in [2.75, 3.05) is 59.4 Å². The summed E-state index contributed by atoms with van der Waals surface area (Å²) in [6, 6.07) is 0.569. The van der Waals surface area contributed by atoms with Gasteiger partial charge in [0.15, 0.2) is 5.96 Å². The topological polar surface area (TPSA) is 34.1 Å². The fourth-order valence-corrected chi connectivity index (χ4v) is 3.44. The summed E-state index contributed by atoms with van der Waals surface area (Å²) in [6.07, 6.45) is 2.57. The molecule has 2 heterocycles. The number of likely N-dealkylation sites (tertiary alicyclic amines) is 1. The first-order valence-corrected chi connectivity index (χ1v) is 9.06. The van der Waals surface area contributed by atoms with Crippen LogP contribution in [0.4, 0.5) is 0 Å². The monoisotopic (exact) mass is 309 g/mol. The molecule has 0 aromatic heterocycles. The fourth-order valence-electron chi connectivity index (χ4n) is 3.44. The van der Waals surface area contributed by atoms with Crippen LogP contribution in [0.25, 0.3) is 0 Å². The Hall–Kier alpha value is -0.810. The molecule has 0 bridgehead atoms. The van der Waals surface area contributed by atoms with Crippen LogP contribution in [0.2, 0.25) is 0 Å². The van der Waals surface area contributed by atoms with E-state index in [1.807, 2.05) is 7.05 Å². The van der Waals surface area contributed by atoms with Crippen molar-refractivity contribution in [3.63, 3.8) is 0 Å². The van der Waals surface area contributed by atoms with E-state index in [2.05, 4.69) is 45.8 Å². The van der Waals surface area contributed by atoms with Crippen LogP contribution in [-0.2, 0) is 0 Å². The van der Waals surface area contributed by atoms with Gasteiger partial charge >= 0.3 is 0 Å². The zero-order valence-electron chi connectivity index (χ0n) is 15.0. The number of nitrogens with zero attached hydrogens (tertiary/aromatic N) is 4. The summed E-state index contributed by atoms with van der Waals surface area (Å²) in [4.78, 5) is 12.0. The zero-order valence-corrected chi connectivity index (χ0v) is 15.0. The first-order chi connectivity index (χ1) is 10.6. The van der Waals surface area contributed by atoms with Gasteiger partial charge in [-0.15, -0.1) is 0 Å². The van der Waals surface area contributed by atoms with Gasteiger partial charge in [-0.3, -0.25) is 9.89 Å². The van der Waals surface area contributed by atoms with Gasteiger partial charge in [-0.2, -0.15) is 0 Å². The molecule has 0 spiro atoms. The summed E-state index contributed by atoms with van der Waals surface area (Å²) in [6.45, 7) is 16.2. The molecule has 5 heteroatoms. The second-order valence-corrected chi connectivity index (χ2v) is 6.92. The smallest absolute Gasteiger partial charge is 0.193 e. The van der Waals surface area contributed by atoms with Gasteiger partial charge in [-0.05, 0) is 32.2 Å². The molecule has 0 aromatic carbocycles. The highest BCUT2D eigenvalue weighted by molar-refractivity contribution is 5.80. The standard InChI is InChI=1S/C17H35N5/c1-5-20-10-12-21(13-11-20)16(3)14-19-17(18-4)22-8-6-15(2)7-9-22/h15-16H,5-14H2,1-4H3,(H,18,19). The Morgan fingerprint density at radius 2 is 1.77 bits per heavy atom. The maximum Gasteiger partial charge on any atom is 0.193 e. The van der Waals surface area contributed by atoms with E-state index >= 15 is 0 Å². The summed E-state index contributed by atoms with van der Waals surface area (Å²) >= 11 is 0. The van der Waals surface area contributed by atoms with E-state index in [9.17, 15) is 0 Å². The lowest BCUT2D eigenvalue weighted by atomic mass is 10.00. The molecule has 22 heavy (non-hydrogen) atoms. The lowest BCUT2D eigenvalue weighted by Crippen LogP contribution is -2.54. The Labute approximate surface area is 136 Å². The van der Waals surface area contributed by atoms with Gasteiger partial charge in [-0.25, -0.2) is 0 Å². The number of likely N-dealkylation sites (N-methyl/N-ethyl adjacent to an activating group) is 1. The van der Waals surface area contributed by atoms with Gasteiger partial charge in [0.05, 0.1) is 0 Å². The average molecular weight is 310 g/mol. The highest BCUT2D eigenvalue weighted by Crippen LogP contribution is 2.16. The molecule has 2 fully saturated rings. The molecular weight excluding hydrogens is 274 g/mol. The van der Waals surface area contributed by atoms with E-state index in [1.165, 1.54) is 45.6 Å². The quantitative estimate of drug-likeness (QED) is 0.627. The normalized spacial score (nSPS) is 24.5. The van der Waals surface area contributed by atoms with Gasteiger partial charge < -0.3 is 15.1 Å². The molecule has 0 aromatic rings. The van der Waals surface area contributed by atoms with Crippen molar-refractivity contribution in [2.24, 2.45) is 10.9 Å². The maximum absolute atomic E-state index is 4.48. The minimum absolute atomic E-state index is 0.569. The number of rotatable bonds is 4. The molecule has 1 atom stereocenters. The van der Waals surface area contributed by atoms with Gasteiger partial charge in [0, 0.05) is 58.9 Å². The maximum atomic E-state index is 4.48. The summed E-state index contributed by atoms with van der Waals surface area (Å²) in [5.41, 5.74) is 0. The zero-order chi connectivity index (χ0) is 15.9. The Morgan fingerprint density at radius 1 is 1.14 bits per heavy atom. The molecule has 0 amide bonds. The van der Waals surface area contributed by atoms with E-state index in [0.29, 0.717) is 6.04 Å². The van der Waals surface area contributed by atoms with E-state index in [4.69, 9.17) is 0 Å². The Kier molecular flexibility index (Phi) is 6.96. The van der Waals surface area contributed by atoms with E-state index in [1.54, 1.807) is 0 Å². The van der Waals surface area contributed by atoms with Crippen molar-refractivity contribution in [1.29, 1.82) is 0 Å². The van der Waals surface area contributed by atoms with Crippen molar-refractivity contribution in [3.05, 3.63) is 0 Å². The highest BCUT2D eigenvalue weighted by Gasteiger charge is 2.22. The van der Waals surface area contributed by atoms with Crippen LogP contribution in [-0.4, -0.2) is 86.1 Å². The van der Waals surface area contributed by atoms with Crippen LogP contribution in [0.1, 0.15) is 33.6 Å². The number of piperazine rings is 1. The van der Waals surface area contributed by atoms with E-state index < -0.39 is 0 Å². The van der Waals surface area contributed by atoms with E-state index in [-0.39, 0.29) is 0 Å². The van der Waals surface area contributed by atoms with Crippen LogP contribution in [0.5, 0.6) is 0 Å². The molecule has 0 radical (unpaired) electrons. The van der Waals surface area contributed by atoms with Crippen molar-refractivity contribution in [2.45, 2.75) is 39.7 Å². The molecule has 5 nitrogen and oxygen atoms in total. The number of piperidine rings is 1. The molecule has 2 aliphatic heterocycles. The Bertz CT molecular complexity index is 341. The second-order valence-electron chi connectivity index (χ2n) is 6.92. The predicted molar refractivity (Wildman–Crippen MR) is 94.5 cm³/mol. The lowest BCUT2D eigenvalue weighted by molar-refractivity contribution is 0.106. The first-order valence-electron chi connectivity index (χ1n) is 9.06. The van der Waals surface area contributed by atoms with Crippen molar-refractivity contribution in [1.82, 2.24) is 20.0 Å². The van der Waals surface area contributed by atoms with Gasteiger partial charge in [-0.1, -0.05) is 13.8 Å². The molecule has 2 saturated heterocycles. The number of hydrogen-bond acceptors (Lipinski definition) is 3. The molecule has 0 saturated carbocycles. The van der Waals surface area contributed by atoms with Gasteiger partial charge in [0.1, 0.15) is 0 Å². The third kappa shape index (κ3) is 4.85. The van der Waals surface area contributed by atoms with Crippen molar-refractivity contribution in [3.8, 4) is 0 Å². The van der Waals surface area contributed by atoms with Gasteiger partial charge in [0.25, 0.3) is 0 Å². The van der Waals surface area contributed by atoms with Crippen molar-refractivity contribution >= 4 is 5.96 Å². The number of aliphatic imine (C=N–C) groups is 1. The third-order valence-corrected chi connectivity index (χ3v) is 5.33. The fraction of sp³-hybridized carbons (Fsp3) is 0.941. The van der Waals surface area contributed by atoms with Crippen LogP contribution in [0.3, 0.4) is 0 Å². The molecule has 0 aliphatic carbocycles. The molecular formula is C17H35N5. The highest BCUT2D eigenvalue weighted by atomic mass is 15.3. The number of hydrogen-bond donors (Lipinski definition) is 1. The number of guanidine groups is 1. The molecule has 128 valence electrons. The first kappa shape index (κ1) is 17.5. The van der Waals surface area contributed by atoms with Crippen LogP contribution < -0.4 is 5.32 Å². The van der Waals surface area contributed by atoms with Crippen LogP contribution >= 0.6 is 0 Å². The average Bonchev–Trinajstić information content (AvgIpc) is 2.56. The Balaban J connectivity index is 1.73. The minimum Gasteiger partial charge on any atom is -0.355 e. The summed E-state index contributed by atoms with van der Waals surface area (Å²) < 4.78 is 0. The van der Waals surface area contributed by atoms with Gasteiger partial charge in [0.2, 0.25) is 0 Å². The molecule has 1 N–H and O–H groups in total. The molecule has 2 aliphatic rings. The van der Waals surface area contributed by atoms with Crippen LogP contribution in [0.15, 0.2) is 4.99 Å². The Morgan fingerprint density at radius 3 is 2.32 bits per heavy atom. The summed E-state index contributed by atoms with van der Waals surface area (Å²) in [5, 5.41) is 3.60. The molecule has 2 rings (SSSR count). The van der Waals surface area contributed by atoms with Crippen molar-refractivity contribution < 1.29 is 0 Å². The van der Waals surface area contributed by atoms with Crippen LogP contribution in [0, 0.1) is 5.92 Å². The summed E-state index contributed by atoms with van der Waals surface area (Å²) in [5.74, 6) is 1.95. The third-order valence-electron chi connectivity index (χ3n) is 5.33. The predicted octanol–water partition coefficient (Wildman–Crippen LogP) is 1.32. The summed E-state index contributed by atoms with van der Waals surface area (Å²) in [7, 11) is 1.91. The minimum atomic E-state index is 0.569. The second kappa shape index (κ2) is 8.73. The van der Waals surface area contributed by atoms with E-state index in [0.717, 1.165) is 31.5 Å². The lowest BCUT2D eigenvalue weighted by Gasteiger charge is -2.38. The SMILES string of the molecule is CCN1CCN(C(C)CNC(=NC)N2CCC(C)CC2)CC1. The number of nitrogens with one attached hydrogen (secondary N) is 1. The molecule has 1 unspecified atom stereocenters.